The zero-order valence-electron chi connectivity index (χ0n) is 21.3. The first-order valence-corrected chi connectivity index (χ1v) is 13.2. The summed E-state index contributed by atoms with van der Waals surface area (Å²) in [6.45, 7) is 9.90. The van der Waals surface area contributed by atoms with Crippen LogP contribution in [-0.4, -0.2) is 118 Å². The van der Waals surface area contributed by atoms with Crippen LogP contribution in [0.3, 0.4) is 0 Å². The van der Waals surface area contributed by atoms with Gasteiger partial charge in [0.25, 0.3) is 0 Å². The van der Waals surface area contributed by atoms with Gasteiger partial charge >= 0.3 is 0 Å². The van der Waals surface area contributed by atoms with Gasteiger partial charge in [-0.25, -0.2) is 8.78 Å². The van der Waals surface area contributed by atoms with E-state index in [4.69, 9.17) is 16.2 Å². The van der Waals surface area contributed by atoms with E-state index >= 15 is 4.39 Å². The van der Waals surface area contributed by atoms with Gasteiger partial charge < -0.3 is 26.8 Å². The van der Waals surface area contributed by atoms with Crippen molar-refractivity contribution < 1.29 is 18.3 Å². The summed E-state index contributed by atoms with van der Waals surface area (Å²) in [5.41, 5.74) is 11.9. The second kappa shape index (κ2) is 13.9. The second-order valence-corrected chi connectivity index (χ2v) is 10.3. The molecule has 0 aliphatic carbocycles. The summed E-state index contributed by atoms with van der Waals surface area (Å²) in [5.74, 6) is -0.571. The van der Waals surface area contributed by atoms with Gasteiger partial charge in [0.15, 0.2) is 0 Å². The molecule has 3 heterocycles. The minimum absolute atomic E-state index is 0.0947. The van der Waals surface area contributed by atoms with E-state index in [0.717, 1.165) is 58.8 Å². The fourth-order valence-electron chi connectivity index (χ4n) is 5.44. The molecular weight excluding hydrogens is 456 g/mol. The van der Waals surface area contributed by atoms with E-state index in [1.807, 2.05) is 0 Å². The number of ether oxygens (including phenoxy) is 1. The lowest BCUT2D eigenvalue weighted by Gasteiger charge is -2.44. The van der Waals surface area contributed by atoms with Crippen LogP contribution in [0, 0.1) is 11.8 Å². The lowest BCUT2D eigenvalue weighted by molar-refractivity contribution is -0.127. The molecule has 3 aliphatic heterocycles. The number of nitrogens with two attached hydrogens (primary N) is 2. The minimum atomic E-state index is -1.17. The number of carbonyl (C=O) groups excluding carboxylic acids is 1. The van der Waals surface area contributed by atoms with Gasteiger partial charge in [0.2, 0.25) is 5.91 Å². The number of nitrogens with one attached hydrogen (secondary N) is 2. The van der Waals surface area contributed by atoms with Crippen molar-refractivity contribution in [1.82, 2.24) is 20.4 Å². The molecule has 202 valence electrons. The summed E-state index contributed by atoms with van der Waals surface area (Å²) < 4.78 is 34.3. The first-order chi connectivity index (χ1) is 16.8. The van der Waals surface area contributed by atoms with E-state index in [9.17, 15) is 9.18 Å². The van der Waals surface area contributed by atoms with Crippen LogP contribution in [0.5, 0.6) is 0 Å². The normalized spacial score (nSPS) is 29.7. The fraction of sp³-hybridized carbons (Fsp3) is 0.917. The van der Waals surface area contributed by atoms with Gasteiger partial charge in [-0.1, -0.05) is 6.92 Å². The molecule has 0 aromatic rings. The van der Waals surface area contributed by atoms with Gasteiger partial charge in [0.05, 0.1) is 43.9 Å². The van der Waals surface area contributed by atoms with Crippen molar-refractivity contribution in [2.45, 2.75) is 69.7 Å². The predicted molar refractivity (Wildman–Crippen MR) is 134 cm³/mol. The van der Waals surface area contributed by atoms with Crippen molar-refractivity contribution in [3.8, 4) is 0 Å². The highest BCUT2D eigenvalue weighted by molar-refractivity contribution is 5.84. The molecule has 0 saturated carbocycles. The van der Waals surface area contributed by atoms with Crippen LogP contribution in [0.1, 0.15) is 33.1 Å². The largest absolute Gasteiger partial charge is 0.379 e. The molecule has 0 aromatic heterocycles. The van der Waals surface area contributed by atoms with E-state index in [2.05, 4.69) is 25.4 Å². The Hall–Kier alpha value is -1.24. The monoisotopic (exact) mass is 501 g/mol. The van der Waals surface area contributed by atoms with Crippen LogP contribution < -0.4 is 22.1 Å². The molecule has 6 atom stereocenters. The van der Waals surface area contributed by atoms with Crippen LogP contribution in [0.15, 0.2) is 4.99 Å². The molecule has 9 nitrogen and oxygen atoms in total. The Morgan fingerprint density at radius 1 is 1.23 bits per heavy atom. The highest BCUT2D eigenvalue weighted by Gasteiger charge is 2.40. The van der Waals surface area contributed by atoms with Gasteiger partial charge in [-0.15, -0.1) is 0 Å². The Labute approximate surface area is 208 Å². The van der Waals surface area contributed by atoms with E-state index in [-0.39, 0.29) is 19.0 Å². The molecule has 2 fully saturated rings. The minimum Gasteiger partial charge on any atom is -0.379 e. The Kier molecular flexibility index (Phi) is 11.3. The summed E-state index contributed by atoms with van der Waals surface area (Å²) in [7, 11) is 0. The maximum atomic E-state index is 15.1. The Morgan fingerprint density at radius 2 is 1.91 bits per heavy atom. The molecule has 3 aliphatic rings. The number of hydrogen-bond acceptors (Lipinski definition) is 8. The lowest BCUT2D eigenvalue weighted by atomic mass is 9.90. The van der Waals surface area contributed by atoms with Crippen LogP contribution in [0.4, 0.5) is 8.78 Å². The molecule has 0 bridgehead atoms. The van der Waals surface area contributed by atoms with Gasteiger partial charge in [-0.2, -0.15) is 0 Å². The van der Waals surface area contributed by atoms with E-state index < -0.39 is 42.6 Å². The summed E-state index contributed by atoms with van der Waals surface area (Å²) in [4.78, 5) is 22.0. The quantitative estimate of drug-likeness (QED) is 0.292. The molecular formula is C24H45F2N7O2. The number of amides is 1. The molecule has 2 saturated heterocycles. The van der Waals surface area contributed by atoms with Crippen molar-refractivity contribution in [3.63, 3.8) is 0 Å². The highest BCUT2D eigenvalue weighted by atomic mass is 19.1. The maximum absolute atomic E-state index is 15.1. The van der Waals surface area contributed by atoms with Gasteiger partial charge in [0, 0.05) is 38.4 Å². The number of aliphatic imine (C=N–C) groups is 1. The van der Waals surface area contributed by atoms with Crippen molar-refractivity contribution in [3.05, 3.63) is 0 Å². The number of piperidine rings is 1. The maximum Gasteiger partial charge on any atom is 0.228 e. The average molecular weight is 502 g/mol. The van der Waals surface area contributed by atoms with Gasteiger partial charge in [0.1, 0.15) is 12.3 Å². The molecule has 35 heavy (non-hydrogen) atoms. The SMILES string of the molecule is CCC(F)CNC(C)C(C(=O)NC1C=NCC(F)C1N1CCC(CN2CCOCC2)CC1)C(N)N. The molecule has 0 spiro atoms. The van der Waals surface area contributed by atoms with Gasteiger partial charge in [-0.05, 0) is 45.2 Å². The summed E-state index contributed by atoms with van der Waals surface area (Å²) >= 11 is 0. The first-order valence-electron chi connectivity index (χ1n) is 13.2. The first kappa shape index (κ1) is 28.3. The van der Waals surface area contributed by atoms with Crippen LogP contribution >= 0.6 is 0 Å². The van der Waals surface area contributed by atoms with Crippen molar-refractivity contribution in [2.24, 2.45) is 28.3 Å². The zero-order chi connectivity index (χ0) is 25.4. The van der Waals surface area contributed by atoms with E-state index in [0.29, 0.717) is 12.3 Å². The topological polar surface area (TPSA) is 121 Å². The Morgan fingerprint density at radius 3 is 2.54 bits per heavy atom. The summed E-state index contributed by atoms with van der Waals surface area (Å²) in [6.07, 6.45) is 0.904. The summed E-state index contributed by atoms with van der Waals surface area (Å²) in [6, 6.07) is -1.48. The third-order valence-electron chi connectivity index (χ3n) is 7.64. The van der Waals surface area contributed by atoms with Crippen LogP contribution in [0.25, 0.3) is 0 Å². The van der Waals surface area contributed by atoms with Crippen molar-refractivity contribution in [1.29, 1.82) is 0 Å². The molecule has 6 N–H and O–H groups in total. The van der Waals surface area contributed by atoms with E-state index in [1.165, 1.54) is 0 Å². The third kappa shape index (κ3) is 8.13. The van der Waals surface area contributed by atoms with Crippen LogP contribution in [-0.2, 0) is 9.53 Å². The van der Waals surface area contributed by atoms with Crippen LogP contribution in [0.2, 0.25) is 0 Å². The lowest BCUT2D eigenvalue weighted by Crippen LogP contribution is -2.63. The molecule has 11 heteroatoms. The van der Waals surface area contributed by atoms with Crippen molar-refractivity contribution in [2.75, 3.05) is 59.0 Å². The Balaban J connectivity index is 1.57. The Bertz CT molecular complexity index is 672. The molecule has 1 amide bonds. The molecule has 6 unspecified atom stereocenters. The smallest absolute Gasteiger partial charge is 0.228 e. The van der Waals surface area contributed by atoms with E-state index in [1.54, 1.807) is 20.1 Å². The third-order valence-corrected chi connectivity index (χ3v) is 7.64. The second-order valence-electron chi connectivity index (χ2n) is 10.3. The standard InChI is InChI=1S/C24H45F2N7O2/c1-3-18(25)12-30-16(2)21(23(27)28)24(34)31-20-14-29-13-19(26)22(20)33-6-4-17(5-7-33)15-32-8-10-35-11-9-32/h14,16-23,30H,3-13,15,27-28H2,1-2H3,(H,31,34). The number of halogens is 2. The number of hydrogen-bond donors (Lipinski definition) is 4. The highest BCUT2D eigenvalue weighted by Crippen LogP contribution is 2.25. The molecule has 0 aromatic carbocycles. The number of carbonyl (C=O) groups is 1. The van der Waals surface area contributed by atoms with Gasteiger partial charge in [-0.3, -0.25) is 19.6 Å². The fourth-order valence-corrected chi connectivity index (χ4v) is 5.44. The average Bonchev–Trinajstić information content (AvgIpc) is 2.84. The predicted octanol–water partition coefficient (Wildman–Crippen LogP) is -0.108. The zero-order valence-corrected chi connectivity index (χ0v) is 21.3. The number of nitrogens with zero attached hydrogens (tertiary/aromatic N) is 3. The summed E-state index contributed by atoms with van der Waals surface area (Å²) in [5, 5.41) is 5.98. The molecule has 0 radical (unpaired) electrons. The molecule has 3 rings (SSSR count). The number of likely N-dealkylation sites (tertiary alicyclic amines) is 1. The number of alkyl halides is 2. The van der Waals surface area contributed by atoms with Crippen molar-refractivity contribution >= 4 is 12.1 Å². The number of morpholine rings is 1. The number of rotatable bonds is 11.